The van der Waals surface area contributed by atoms with Gasteiger partial charge < -0.3 is 10.6 Å². The van der Waals surface area contributed by atoms with Crippen molar-refractivity contribution in [3.63, 3.8) is 0 Å². The molecule has 0 saturated carbocycles. The highest BCUT2D eigenvalue weighted by Gasteiger charge is 2.13. The Morgan fingerprint density at radius 3 is 2.62 bits per heavy atom. The summed E-state index contributed by atoms with van der Waals surface area (Å²) in [5.74, 6) is -2.26. The van der Waals surface area contributed by atoms with Gasteiger partial charge in [0.2, 0.25) is 0 Å². The van der Waals surface area contributed by atoms with Crippen molar-refractivity contribution in [2.24, 2.45) is 0 Å². The molecule has 0 saturated heterocycles. The van der Waals surface area contributed by atoms with Crippen LogP contribution >= 0.6 is 0 Å². The number of anilines is 2. The highest BCUT2D eigenvalue weighted by Crippen LogP contribution is 2.19. The molecule has 0 unspecified atom stereocenters. The molecule has 2 aromatic rings. The molecule has 110 valence electrons. The zero-order valence-electron chi connectivity index (χ0n) is 11.5. The van der Waals surface area contributed by atoms with Gasteiger partial charge in [0.25, 0.3) is 5.91 Å². The number of halogens is 2. The number of para-hydroxylation sites is 1. The Morgan fingerprint density at radius 1 is 1.24 bits per heavy atom. The summed E-state index contributed by atoms with van der Waals surface area (Å²) >= 11 is 0. The summed E-state index contributed by atoms with van der Waals surface area (Å²) in [4.78, 5) is 16.0. The zero-order chi connectivity index (χ0) is 15.2. The van der Waals surface area contributed by atoms with Gasteiger partial charge >= 0.3 is 0 Å². The van der Waals surface area contributed by atoms with Crippen LogP contribution in [0.2, 0.25) is 0 Å². The lowest BCUT2D eigenvalue weighted by Gasteiger charge is -2.09. The van der Waals surface area contributed by atoms with Crippen molar-refractivity contribution in [3.05, 3.63) is 53.9 Å². The van der Waals surface area contributed by atoms with Crippen molar-refractivity contribution in [1.82, 2.24) is 4.98 Å². The van der Waals surface area contributed by atoms with Crippen LogP contribution in [0.15, 0.2) is 36.7 Å². The van der Waals surface area contributed by atoms with E-state index < -0.39 is 23.2 Å². The van der Waals surface area contributed by atoms with Crippen LogP contribution in [0.4, 0.5) is 20.2 Å². The summed E-state index contributed by atoms with van der Waals surface area (Å²) in [6.45, 7) is 2.76. The summed E-state index contributed by atoms with van der Waals surface area (Å²) in [5, 5.41) is 5.31. The van der Waals surface area contributed by atoms with E-state index in [1.54, 1.807) is 12.3 Å². The molecule has 1 heterocycles. The van der Waals surface area contributed by atoms with Crippen molar-refractivity contribution in [2.75, 3.05) is 17.2 Å². The van der Waals surface area contributed by atoms with E-state index in [4.69, 9.17) is 0 Å². The van der Waals surface area contributed by atoms with E-state index in [-0.39, 0.29) is 5.56 Å². The van der Waals surface area contributed by atoms with Gasteiger partial charge in [-0.1, -0.05) is 13.0 Å². The Balaban J connectivity index is 2.17. The second kappa shape index (κ2) is 6.78. The molecule has 4 nitrogen and oxygen atoms in total. The van der Waals surface area contributed by atoms with Gasteiger partial charge in [-0.3, -0.25) is 9.78 Å². The fraction of sp³-hybridized carbons (Fsp3) is 0.200. The van der Waals surface area contributed by atoms with Crippen molar-refractivity contribution in [1.29, 1.82) is 0 Å². The Morgan fingerprint density at radius 2 is 1.95 bits per heavy atom. The number of hydrogen-bond donors (Lipinski definition) is 2. The van der Waals surface area contributed by atoms with Crippen molar-refractivity contribution in [2.45, 2.75) is 13.3 Å². The summed E-state index contributed by atoms with van der Waals surface area (Å²) < 4.78 is 27.0. The minimum atomic E-state index is -0.823. The normalized spacial score (nSPS) is 10.2. The number of nitrogens with one attached hydrogen (secondary N) is 2. The quantitative estimate of drug-likeness (QED) is 0.887. The lowest BCUT2D eigenvalue weighted by Crippen LogP contribution is -2.15. The van der Waals surface area contributed by atoms with Crippen molar-refractivity contribution >= 4 is 17.3 Å². The fourth-order valence-electron chi connectivity index (χ4n) is 1.73. The number of rotatable bonds is 5. The molecule has 0 atom stereocenters. The molecule has 0 radical (unpaired) electrons. The highest BCUT2D eigenvalue weighted by atomic mass is 19.1. The van der Waals surface area contributed by atoms with E-state index in [1.165, 1.54) is 12.3 Å². The SMILES string of the molecule is CCCNc1cncc(C(=O)Nc2c(F)cccc2F)c1. The standard InChI is InChI=1S/C15H15F2N3O/c1-2-6-19-11-7-10(8-18-9-11)15(21)20-14-12(16)4-3-5-13(14)17/h3-5,7-9,19H,2,6H2,1H3,(H,20,21). The highest BCUT2D eigenvalue weighted by molar-refractivity contribution is 6.04. The topological polar surface area (TPSA) is 54.0 Å². The first-order valence-electron chi connectivity index (χ1n) is 6.56. The number of benzene rings is 1. The average Bonchev–Trinajstić information content (AvgIpc) is 2.49. The number of amides is 1. The molecular formula is C15H15F2N3O. The van der Waals surface area contributed by atoms with E-state index in [9.17, 15) is 13.6 Å². The van der Waals surface area contributed by atoms with Gasteiger partial charge in [-0.05, 0) is 24.6 Å². The molecule has 1 aromatic heterocycles. The first-order chi connectivity index (χ1) is 10.1. The van der Waals surface area contributed by atoms with Crippen molar-refractivity contribution < 1.29 is 13.6 Å². The number of carbonyl (C=O) groups excluding carboxylic acids is 1. The van der Waals surface area contributed by atoms with Crippen LogP contribution in [0.3, 0.4) is 0 Å². The first-order valence-corrected chi connectivity index (χ1v) is 6.56. The zero-order valence-corrected chi connectivity index (χ0v) is 11.5. The minimum Gasteiger partial charge on any atom is -0.384 e. The molecule has 0 aliphatic rings. The molecule has 0 aliphatic carbocycles. The predicted molar refractivity (Wildman–Crippen MR) is 77.3 cm³/mol. The lowest BCUT2D eigenvalue weighted by molar-refractivity contribution is 0.102. The van der Waals surface area contributed by atoms with Gasteiger partial charge in [0.05, 0.1) is 11.3 Å². The number of carbonyl (C=O) groups is 1. The summed E-state index contributed by atoms with van der Waals surface area (Å²) in [7, 11) is 0. The minimum absolute atomic E-state index is 0.221. The molecule has 0 fully saturated rings. The third-order valence-corrected chi connectivity index (χ3v) is 2.78. The Hall–Kier alpha value is -2.50. The van der Waals surface area contributed by atoms with E-state index in [0.29, 0.717) is 5.69 Å². The molecule has 1 amide bonds. The number of aromatic nitrogens is 1. The van der Waals surface area contributed by atoms with Crippen LogP contribution in [0.25, 0.3) is 0 Å². The van der Waals surface area contributed by atoms with Gasteiger partial charge in [0, 0.05) is 18.9 Å². The van der Waals surface area contributed by atoms with Gasteiger partial charge in [0.15, 0.2) is 0 Å². The molecule has 0 aliphatic heterocycles. The van der Waals surface area contributed by atoms with Gasteiger partial charge in [-0.15, -0.1) is 0 Å². The predicted octanol–water partition coefficient (Wildman–Crippen LogP) is 3.43. The maximum Gasteiger partial charge on any atom is 0.257 e. The number of hydrogen-bond acceptors (Lipinski definition) is 3. The van der Waals surface area contributed by atoms with Crippen LogP contribution in [0.5, 0.6) is 0 Å². The maximum absolute atomic E-state index is 13.5. The van der Waals surface area contributed by atoms with Gasteiger partial charge in [-0.2, -0.15) is 0 Å². The third kappa shape index (κ3) is 3.75. The molecule has 6 heteroatoms. The summed E-state index contributed by atoms with van der Waals surface area (Å²) in [6.07, 6.45) is 3.85. The molecule has 2 rings (SSSR count). The van der Waals surface area contributed by atoms with Gasteiger partial charge in [0.1, 0.15) is 17.3 Å². The fourth-order valence-corrected chi connectivity index (χ4v) is 1.73. The van der Waals surface area contributed by atoms with Crippen LogP contribution in [-0.4, -0.2) is 17.4 Å². The van der Waals surface area contributed by atoms with Crippen LogP contribution < -0.4 is 10.6 Å². The number of pyridine rings is 1. The lowest BCUT2D eigenvalue weighted by atomic mass is 10.2. The Labute approximate surface area is 121 Å². The second-order valence-electron chi connectivity index (χ2n) is 4.44. The number of nitrogens with zero attached hydrogens (tertiary/aromatic N) is 1. The van der Waals surface area contributed by atoms with Crippen LogP contribution in [0.1, 0.15) is 23.7 Å². The maximum atomic E-state index is 13.5. The molecule has 1 aromatic carbocycles. The Kier molecular flexibility index (Phi) is 4.81. The molecule has 0 bridgehead atoms. The summed E-state index contributed by atoms with van der Waals surface area (Å²) in [5.41, 5.74) is 0.437. The van der Waals surface area contributed by atoms with E-state index >= 15 is 0 Å². The Bertz CT molecular complexity index is 626. The average molecular weight is 291 g/mol. The molecular weight excluding hydrogens is 276 g/mol. The molecule has 2 N–H and O–H groups in total. The second-order valence-corrected chi connectivity index (χ2v) is 4.44. The molecule has 0 spiro atoms. The third-order valence-electron chi connectivity index (χ3n) is 2.78. The van der Waals surface area contributed by atoms with Crippen LogP contribution in [0, 0.1) is 11.6 Å². The van der Waals surface area contributed by atoms with Crippen molar-refractivity contribution in [3.8, 4) is 0 Å². The summed E-state index contributed by atoms with van der Waals surface area (Å²) in [6, 6.07) is 4.97. The van der Waals surface area contributed by atoms with E-state index in [0.717, 1.165) is 25.1 Å². The van der Waals surface area contributed by atoms with Crippen LogP contribution in [-0.2, 0) is 0 Å². The van der Waals surface area contributed by atoms with Gasteiger partial charge in [-0.25, -0.2) is 8.78 Å². The first kappa shape index (κ1) is 14.9. The molecule has 21 heavy (non-hydrogen) atoms. The van der Waals surface area contributed by atoms with E-state index in [1.807, 2.05) is 6.92 Å². The largest absolute Gasteiger partial charge is 0.384 e. The monoisotopic (exact) mass is 291 g/mol. The smallest absolute Gasteiger partial charge is 0.257 e. The van der Waals surface area contributed by atoms with E-state index in [2.05, 4.69) is 15.6 Å².